The maximum atomic E-state index is 12.6. The van der Waals surface area contributed by atoms with Gasteiger partial charge in [-0.3, -0.25) is 9.59 Å². The predicted octanol–water partition coefficient (Wildman–Crippen LogP) is 4.25. The summed E-state index contributed by atoms with van der Waals surface area (Å²) in [7, 11) is 1.61. The topological polar surface area (TPSA) is 63.6 Å². The molecule has 0 fully saturated rings. The lowest BCUT2D eigenvalue weighted by atomic mass is 10.2. The van der Waals surface area contributed by atoms with Crippen LogP contribution in [0.25, 0.3) is 10.9 Å². The van der Waals surface area contributed by atoms with Crippen LogP contribution in [0.2, 0.25) is 0 Å². The summed E-state index contributed by atoms with van der Waals surface area (Å²) in [5, 5.41) is 3.95. The van der Waals surface area contributed by atoms with E-state index in [1.54, 1.807) is 7.11 Å². The third kappa shape index (κ3) is 5.16. The Morgan fingerprint density at radius 3 is 2.43 bits per heavy atom. The van der Waals surface area contributed by atoms with Crippen LogP contribution in [-0.4, -0.2) is 47.2 Å². The first-order valence-corrected chi connectivity index (χ1v) is 11.0. The van der Waals surface area contributed by atoms with Crippen LogP contribution in [0.15, 0.2) is 59.6 Å². The Kier molecular flexibility index (Phi) is 7.41. The third-order valence-electron chi connectivity index (χ3n) is 4.91. The van der Waals surface area contributed by atoms with Crippen molar-refractivity contribution in [3.05, 3.63) is 54.7 Å². The van der Waals surface area contributed by atoms with E-state index in [9.17, 15) is 9.59 Å². The number of nitrogens with one attached hydrogen (secondary N) is 1. The highest BCUT2D eigenvalue weighted by atomic mass is 32.2. The van der Waals surface area contributed by atoms with E-state index in [1.165, 1.54) is 11.8 Å². The number of benzene rings is 2. The quantitative estimate of drug-likeness (QED) is 0.521. The Balaban J connectivity index is 1.69. The molecule has 7 heteroatoms. The molecule has 1 aromatic heterocycles. The van der Waals surface area contributed by atoms with Crippen molar-refractivity contribution in [1.82, 2.24) is 9.47 Å². The van der Waals surface area contributed by atoms with Crippen molar-refractivity contribution >= 4 is 40.2 Å². The van der Waals surface area contributed by atoms with E-state index >= 15 is 0 Å². The molecule has 0 bridgehead atoms. The summed E-state index contributed by atoms with van der Waals surface area (Å²) in [5.41, 5.74) is 1.73. The second-order valence-electron chi connectivity index (χ2n) is 6.77. The lowest BCUT2D eigenvalue weighted by Gasteiger charge is -2.19. The minimum atomic E-state index is -0.0822. The first-order chi connectivity index (χ1) is 14.5. The van der Waals surface area contributed by atoms with Crippen LogP contribution in [0.4, 0.5) is 5.69 Å². The molecule has 1 N–H and O–H groups in total. The van der Waals surface area contributed by atoms with Gasteiger partial charge in [-0.15, -0.1) is 11.8 Å². The second-order valence-corrected chi connectivity index (χ2v) is 7.79. The van der Waals surface area contributed by atoms with Crippen LogP contribution in [0.1, 0.15) is 13.8 Å². The Morgan fingerprint density at radius 2 is 1.77 bits per heavy atom. The van der Waals surface area contributed by atoms with Gasteiger partial charge in [0.25, 0.3) is 0 Å². The molecule has 30 heavy (non-hydrogen) atoms. The van der Waals surface area contributed by atoms with Crippen molar-refractivity contribution in [2.75, 3.05) is 31.3 Å². The molecule has 0 unspecified atom stereocenters. The smallest absolute Gasteiger partial charge is 0.242 e. The number of fused-ring (bicyclic) bond motifs is 1. The summed E-state index contributed by atoms with van der Waals surface area (Å²) < 4.78 is 7.10. The number of nitrogens with zero attached hydrogens (tertiary/aromatic N) is 2. The number of carbonyl (C=O) groups excluding carboxylic acids is 2. The molecule has 0 atom stereocenters. The fourth-order valence-corrected chi connectivity index (χ4v) is 4.18. The number of carbonyl (C=O) groups is 2. The molecule has 1 heterocycles. The Morgan fingerprint density at radius 1 is 1.07 bits per heavy atom. The van der Waals surface area contributed by atoms with E-state index in [0.29, 0.717) is 19.6 Å². The maximum absolute atomic E-state index is 12.6. The Labute approximate surface area is 181 Å². The minimum absolute atomic E-state index is 0.0822. The normalized spacial score (nSPS) is 10.8. The van der Waals surface area contributed by atoms with E-state index in [2.05, 4.69) is 5.32 Å². The zero-order valence-corrected chi connectivity index (χ0v) is 18.4. The highest BCUT2D eigenvalue weighted by molar-refractivity contribution is 8.00. The molecule has 0 radical (unpaired) electrons. The summed E-state index contributed by atoms with van der Waals surface area (Å²) in [6.07, 6.45) is 1.97. The highest BCUT2D eigenvalue weighted by Gasteiger charge is 2.15. The van der Waals surface area contributed by atoms with E-state index in [0.717, 1.165) is 27.2 Å². The molecule has 0 aliphatic rings. The molecule has 0 spiro atoms. The number of methoxy groups -OCH3 is 1. The van der Waals surface area contributed by atoms with E-state index in [-0.39, 0.29) is 17.6 Å². The largest absolute Gasteiger partial charge is 0.497 e. The molecule has 2 aromatic carbocycles. The van der Waals surface area contributed by atoms with Crippen molar-refractivity contribution in [2.24, 2.45) is 0 Å². The average Bonchev–Trinajstić information content (AvgIpc) is 3.11. The summed E-state index contributed by atoms with van der Waals surface area (Å²) in [6.45, 7) is 5.65. The van der Waals surface area contributed by atoms with Crippen molar-refractivity contribution in [3.63, 3.8) is 0 Å². The number of likely N-dealkylation sites (N-methyl/N-ethyl adjacent to an activating group) is 1. The molecule has 2 amide bonds. The van der Waals surface area contributed by atoms with Gasteiger partial charge in [0.05, 0.1) is 12.9 Å². The van der Waals surface area contributed by atoms with Gasteiger partial charge in [-0.05, 0) is 44.2 Å². The molecule has 0 aliphatic carbocycles. The summed E-state index contributed by atoms with van der Waals surface area (Å²) >= 11 is 1.47. The number of thioether (sulfide) groups is 1. The van der Waals surface area contributed by atoms with Crippen molar-refractivity contribution in [3.8, 4) is 5.75 Å². The summed E-state index contributed by atoms with van der Waals surface area (Å²) in [4.78, 5) is 27.8. The van der Waals surface area contributed by atoms with Gasteiger partial charge in [0.2, 0.25) is 11.8 Å². The van der Waals surface area contributed by atoms with Crippen LogP contribution in [0.3, 0.4) is 0 Å². The number of rotatable bonds is 9. The van der Waals surface area contributed by atoms with E-state index in [1.807, 2.05) is 78.0 Å². The fourth-order valence-electron chi connectivity index (χ4n) is 3.30. The van der Waals surface area contributed by atoms with Crippen LogP contribution >= 0.6 is 11.8 Å². The molecule has 158 valence electrons. The number of amides is 2. The van der Waals surface area contributed by atoms with Crippen LogP contribution in [0.5, 0.6) is 5.75 Å². The molecule has 0 saturated carbocycles. The number of hydrogen-bond donors (Lipinski definition) is 1. The number of para-hydroxylation sites is 1. The molecular formula is C23H27N3O3S. The van der Waals surface area contributed by atoms with Gasteiger partial charge in [-0.2, -0.15) is 0 Å². The predicted molar refractivity (Wildman–Crippen MR) is 122 cm³/mol. The number of hydrogen-bond acceptors (Lipinski definition) is 4. The Bertz CT molecular complexity index is 1010. The van der Waals surface area contributed by atoms with Crippen LogP contribution < -0.4 is 10.1 Å². The van der Waals surface area contributed by atoms with Gasteiger partial charge in [-0.1, -0.05) is 18.2 Å². The van der Waals surface area contributed by atoms with Gasteiger partial charge in [0, 0.05) is 40.8 Å². The fraction of sp³-hybridized carbons (Fsp3) is 0.304. The SMILES string of the molecule is CCN(CC)C(=O)Cn1cc(SCC(=O)Nc2ccc(OC)cc2)c2ccccc21. The van der Waals surface area contributed by atoms with Crippen molar-refractivity contribution in [2.45, 2.75) is 25.3 Å². The molecular weight excluding hydrogens is 398 g/mol. The van der Waals surface area contributed by atoms with Crippen molar-refractivity contribution < 1.29 is 14.3 Å². The number of ether oxygens (including phenoxy) is 1. The van der Waals surface area contributed by atoms with Gasteiger partial charge in [0.15, 0.2) is 0 Å². The summed E-state index contributed by atoms with van der Waals surface area (Å²) in [5.74, 6) is 1.04. The van der Waals surface area contributed by atoms with Crippen LogP contribution in [0, 0.1) is 0 Å². The highest BCUT2D eigenvalue weighted by Crippen LogP contribution is 2.30. The molecule has 3 rings (SSSR count). The first-order valence-electron chi connectivity index (χ1n) is 9.98. The minimum Gasteiger partial charge on any atom is -0.497 e. The van der Waals surface area contributed by atoms with Crippen molar-refractivity contribution in [1.29, 1.82) is 0 Å². The number of anilines is 1. The van der Waals surface area contributed by atoms with E-state index in [4.69, 9.17) is 4.74 Å². The third-order valence-corrected chi connectivity index (χ3v) is 5.95. The maximum Gasteiger partial charge on any atom is 0.242 e. The molecule has 3 aromatic rings. The van der Waals surface area contributed by atoms with Gasteiger partial charge in [-0.25, -0.2) is 0 Å². The second kappa shape index (κ2) is 10.2. The Hall–Kier alpha value is -2.93. The number of aromatic nitrogens is 1. The standard InChI is InChI=1S/C23H27N3O3S/c1-4-25(5-2)23(28)15-26-14-21(19-8-6-7-9-20(19)26)30-16-22(27)24-17-10-12-18(29-3)13-11-17/h6-14H,4-5,15-16H2,1-3H3,(H,24,27). The van der Waals surface area contributed by atoms with Crippen LogP contribution in [-0.2, 0) is 16.1 Å². The van der Waals surface area contributed by atoms with Gasteiger partial charge < -0.3 is 19.5 Å². The molecule has 6 nitrogen and oxygen atoms in total. The average molecular weight is 426 g/mol. The lowest BCUT2D eigenvalue weighted by molar-refractivity contribution is -0.131. The zero-order chi connectivity index (χ0) is 21.5. The molecule has 0 saturated heterocycles. The van der Waals surface area contributed by atoms with E-state index < -0.39 is 0 Å². The first kappa shape index (κ1) is 21.8. The monoisotopic (exact) mass is 425 g/mol. The molecule has 0 aliphatic heterocycles. The lowest BCUT2D eigenvalue weighted by Crippen LogP contribution is -2.33. The summed E-state index contributed by atoms with van der Waals surface area (Å²) in [6, 6.07) is 15.2. The van der Waals surface area contributed by atoms with Gasteiger partial charge in [0.1, 0.15) is 12.3 Å². The zero-order valence-electron chi connectivity index (χ0n) is 17.6. The van der Waals surface area contributed by atoms with Gasteiger partial charge >= 0.3 is 0 Å².